The van der Waals surface area contributed by atoms with Crippen LogP contribution in [0.1, 0.15) is 31.7 Å². The second-order valence-corrected chi connectivity index (χ2v) is 4.95. The molecule has 1 aromatic rings. The molecule has 0 spiro atoms. The van der Waals surface area contributed by atoms with Gasteiger partial charge in [0.2, 0.25) is 0 Å². The molecule has 0 amide bonds. The molecule has 16 heavy (non-hydrogen) atoms. The number of aryl methyl sites for hydroxylation is 2. The van der Waals surface area contributed by atoms with E-state index in [0.717, 1.165) is 30.5 Å². The summed E-state index contributed by atoms with van der Waals surface area (Å²) in [6.07, 6.45) is 2.29. The Morgan fingerprint density at radius 3 is 2.88 bits per heavy atom. The minimum atomic E-state index is 0.399. The molecule has 0 aliphatic heterocycles. The van der Waals surface area contributed by atoms with E-state index in [2.05, 4.69) is 35.1 Å². The molecule has 0 aromatic carbocycles. The van der Waals surface area contributed by atoms with Gasteiger partial charge in [-0.1, -0.05) is 6.92 Å². The van der Waals surface area contributed by atoms with Crippen molar-refractivity contribution in [1.29, 1.82) is 0 Å². The van der Waals surface area contributed by atoms with Crippen molar-refractivity contribution in [3.63, 3.8) is 0 Å². The van der Waals surface area contributed by atoms with E-state index < -0.39 is 0 Å². The topological polar surface area (TPSA) is 55.9 Å². The van der Waals surface area contributed by atoms with Crippen LogP contribution >= 0.6 is 0 Å². The van der Waals surface area contributed by atoms with Crippen molar-refractivity contribution < 1.29 is 0 Å². The van der Waals surface area contributed by atoms with Crippen molar-refractivity contribution in [3.8, 4) is 0 Å². The summed E-state index contributed by atoms with van der Waals surface area (Å²) in [6, 6.07) is 2.57. The average Bonchev–Trinajstić information content (AvgIpc) is 2.86. The summed E-state index contributed by atoms with van der Waals surface area (Å²) in [4.78, 5) is 0. The standard InChI is InChI=1S/C12H22N4/c1-4-16-10(6-9(3)15-16)7-12(14-13)11-5-8(11)2/h6,8,11-12,14H,4-5,7,13H2,1-3H3. The fourth-order valence-corrected chi connectivity index (χ4v) is 2.51. The maximum Gasteiger partial charge on any atom is 0.0596 e. The van der Waals surface area contributed by atoms with E-state index >= 15 is 0 Å². The highest BCUT2D eigenvalue weighted by Gasteiger charge is 2.39. The van der Waals surface area contributed by atoms with Crippen molar-refractivity contribution in [2.45, 2.75) is 46.2 Å². The van der Waals surface area contributed by atoms with Gasteiger partial charge in [0.25, 0.3) is 0 Å². The van der Waals surface area contributed by atoms with Crippen LogP contribution in [0.3, 0.4) is 0 Å². The number of aromatic nitrogens is 2. The fourth-order valence-electron chi connectivity index (χ4n) is 2.51. The summed E-state index contributed by atoms with van der Waals surface area (Å²) in [7, 11) is 0. The Hall–Kier alpha value is -0.870. The molecule has 3 unspecified atom stereocenters. The van der Waals surface area contributed by atoms with Gasteiger partial charge < -0.3 is 0 Å². The maximum atomic E-state index is 5.64. The van der Waals surface area contributed by atoms with Crippen LogP contribution in [0.4, 0.5) is 0 Å². The molecule has 3 N–H and O–H groups in total. The number of nitrogens with one attached hydrogen (secondary N) is 1. The van der Waals surface area contributed by atoms with Crippen molar-refractivity contribution in [2.75, 3.05) is 0 Å². The van der Waals surface area contributed by atoms with E-state index in [9.17, 15) is 0 Å². The molecule has 1 saturated carbocycles. The van der Waals surface area contributed by atoms with Gasteiger partial charge in [0.1, 0.15) is 0 Å². The largest absolute Gasteiger partial charge is 0.271 e. The van der Waals surface area contributed by atoms with Crippen molar-refractivity contribution >= 4 is 0 Å². The minimum Gasteiger partial charge on any atom is -0.271 e. The predicted octanol–water partition coefficient (Wildman–Crippen LogP) is 1.24. The highest BCUT2D eigenvalue weighted by atomic mass is 15.3. The number of nitrogens with zero attached hydrogens (tertiary/aromatic N) is 2. The van der Waals surface area contributed by atoms with E-state index in [4.69, 9.17) is 5.84 Å². The second-order valence-electron chi connectivity index (χ2n) is 4.95. The van der Waals surface area contributed by atoms with E-state index in [0.29, 0.717) is 6.04 Å². The summed E-state index contributed by atoms with van der Waals surface area (Å²) in [5, 5.41) is 4.46. The van der Waals surface area contributed by atoms with E-state index in [-0.39, 0.29) is 0 Å². The number of hydrogen-bond donors (Lipinski definition) is 2. The fraction of sp³-hybridized carbons (Fsp3) is 0.750. The van der Waals surface area contributed by atoms with Gasteiger partial charge in [-0.25, -0.2) is 0 Å². The van der Waals surface area contributed by atoms with Crippen LogP contribution < -0.4 is 11.3 Å². The van der Waals surface area contributed by atoms with Crippen LogP contribution in [0.15, 0.2) is 6.07 Å². The third-order valence-electron chi connectivity index (χ3n) is 3.62. The zero-order valence-electron chi connectivity index (χ0n) is 10.4. The lowest BCUT2D eigenvalue weighted by Crippen LogP contribution is -2.39. The molecule has 1 aromatic heterocycles. The van der Waals surface area contributed by atoms with E-state index in [1.807, 2.05) is 6.92 Å². The summed E-state index contributed by atoms with van der Waals surface area (Å²) >= 11 is 0. The molecular weight excluding hydrogens is 200 g/mol. The quantitative estimate of drug-likeness (QED) is 0.582. The average molecular weight is 222 g/mol. The Balaban J connectivity index is 2.06. The molecule has 2 rings (SSSR count). The van der Waals surface area contributed by atoms with Crippen molar-refractivity contribution in [3.05, 3.63) is 17.5 Å². The lowest BCUT2D eigenvalue weighted by molar-refractivity contribution is 0.439. The zero-order valence-corrected chi connectivity index (χ0v) is 10.4. The first-order chi connectivity index (χ1) is 7.65. The van der Waals surface area contributed by atoms with Crippen LogP contribution in [0.25, 0.3) is 0 Å². The second kappa shape index (κ2) is 4.55. The van der Waals surface area contributed by atoms with Gasteiger partial charge in [-0.3, -0.25) is 16.0 Å². The SMILES string of the molecule is CCn1nc(C)cc1CC(NN)C1CC1C. The number of rotatable bonds is 5. The van der Waals surface area contributed by atoms with Gasteiger partial charge in [0.05, 0.1) is 5.69 Å². The molecule has 0 radical (unpaired) electrons. The molecule has 0 bridgehead atoms. The molecular formula is C12H22N4. The molecule has 4 heteroatoms. The summed E-state index contributed by atoms with van der Waals surface area (Å²) in [6.45, 7) is 7.39. The van der Waals surface area contributed by atoms with Gasteiger partial charge in [-0.2, -0.15) is 5.10 Å². The Morgan fingerprint density at radius 1 is 1.69 bits per heavy atom. The Bertz CT molecular complexity index is 358. The van der Waals surface area contributed by atoms with Crippen molar-refractivity contribution in [1.82, 2.24) is 15.2 Å². The molecule has 1 heterocycles. The van der Waals surface area contributed by atoms with Gasteiger partial charge in [-0.05, 0) is 38.2 Å². The lowest BCUT2D eigenvalue weighted by Gasteiger charge is -2.16. The van der Waals surface area contributed by atoms with Crippen LogP contribution in [-0.2, 0) is 13.0 Å². The minimum absolute atomic E-state index is 0.399. The summed E-state index contributed by atoms with van der Waals surface area (Å²) in [5.74, 6) is 7.20. The van der Waals surface area contributed by atoms with Crippen LogP contribution in [0.5, 0.6) is 0 Å². The number of nitrogens with two attached hydrogens (primary N) is 1. The van der Waals surface area contributed by atoms with Crippen molar-refractivity contribution in [2.24, 2.45) is 17.7 Å². The smallest absolute Gasteiger partial charge is 0.0596 e. The summed E-state index contributed by atoms with van der Waals surface area (Å²) in [5.41, 5.74) is 5.35. The third kappa shape index (κ3) is 2.28. The monoisotopic (exact) mass is 222 g/mol. The first-order valence-corrected chi connectivity index (χ1v) is 6.15. The first kappa shape index (κ1) is 11.6. The maximum absolute atomic E-state index is 5.64. The third-order valence-corrected chi connectivity index (χ3v) is 3.62. The molecule has 3 atom stereocenters. The Morgan fingerprint density at radius 2 is 2.38 bits per heavy atom. The Kier molecular flexibility index (Phi) is 3.30. The van der Waals surface area contributed by atoms with E-state index in [1.165, 1.54) is 12.1 Å². The van der Waals surface area contributed by atoms with Crippen LogP contribution in [0, 0.1) is 18.8 Å². The Labute approximate surface area is 97.2 Å². The lowest BCUT2D eigenvalue weighted by atomic mass is 10.1. The number of hydrazine groups is 1. The molecule has 4 nitrogen and oxygen atoms in total. The molecule has 0 saturated heterocycles. The van der Waals surface area contributed by atoms with Gasteiger partial charge >= 0.3 is 0 Å². The van der Waals surface area contributed by atoms with Gasteiger partial charge in [0, 0.05) is 24.7 Å². The highest BCUT2D eigenvalue weighted by molar-refractivity contribution is 5.12. The highest BCUT2D eigenvalue weighted by Crippen LogP contribution is 2.41. The van der Waals surface area contributed by atoms with Crippen LogP contribution in [-0.4, -0.2) is 15.8 Å². The first-order valence-electron chi connectivity index (χ1n) is 6.15. The van der Waals surface area contributed by atoms with Gasteiger partial charge in [0.15, 0.2) is 0 Å². The van der Waals surface area contributed by atoms with Gasteiger partial charge in [-0.15, -0.1) is 0 Å². The molecule has 90 valence electrons. The molecule has 1 aliphatic carbocycles. The van der Waals surface area contributed by atoms with E-state index in [1.54, 1.807) is 0 Å². The summed E-state index contributed by atoms with van der Waals surface area (Å²) < 4.78 is 2.08. The normalized spacial score (nSPS) is 25.8. The number of hydrogen-bond acceptors (Lipinski definition) is 3. The molecule has 1 fully saturated rings. The zero-order chi connectivity index (χ0) is 11.7. The van der Waals surface area contributed by atoms with Crippen LogP contribution in [0.2, 0.25) is 0 Å². The molecule has 1 aliphatic rings. The predicted molar refractivity (Wildman–Crippen MR) is 64.7 cm³/mol.